The number of pyridine rings is 1. The Bertz CT molecular complexity index is 927. The highest BCUT2D eigenvalue weighted by molar-refractivity contribution is 6.03. The first-order valence-electron chi connectivity index (χ1n) is 9.91. The van der Waals surface area contributed by atoms with Crippen molar-refractivity contribution in [1.82, 2.24) is 9.55 Å². The van der Waals surface area contributed by atoms with E-state index in [1.165, 1.54) is 32.1 Å². The van der Waals surface area contributed by atoms with E-state index < -0.39 is 5.97 Å². The van der Waals surface area contributed by atoms with Crippen LogP contribution in [0, 0.1) is 6.92 Å². The number of unbranched alkanes of at least 4 members (excludes halogenated alkanes) is 5. The molecular weight excluding hydrogens is 336 g/mol. The van der Waals surface area contributed by atoms with Crippen LogP contribution in [0.15, 0.2) is 42.6 Å². The largest absolute Gasteiger partial charge is 0.478 e. The highest BCUT2D eigenvalue weighted by Crippen LogP contribution is 2.35. The highest BCUT2D eigenvalue weighted by Gasteiger charge is 2.20. The molecule has 0 aliphatic rings. The molecule has 0 aliphatic carbocycles. The van der Waals surface area contributed by atoms with Crippen molar-refractivity contribution in [3.63, 3.8) is 0 Å². The number of aromatic nitrogens is 2. The Hall–Kier alpha value is -2.62. The van der Waals surface area contributed by atoms with Crippen LogP contribution in [0.25, 0.3) is 22.2 Å². The summed E-state index contributed by atoms with van der Waals surface area (Å²) in [5.74, 6) is -0.940. The van der Waals surface area contributed by atoms with E-state index in [1.807, 2.05) is 12.1 Å². The van der Waals surface area contributed by atoms with E-state index in [-0.39, 0.29) is 5.56 Å². The van der Waals surface area contributed by atoms with Gasteiger partial charge in [-0.05, 0) is 31.5 Å². The van der Waals surface area contributed by atoms with E-state index in [9.17, 15) is 9.90 Å². The van der Waals surface area contributed by atoms with E-state index in [1.54, 1.807) is 18.3 Å². The quantitative estimate of drug-likeness (QED) is 0.469. The van der Waals surface area contributed by atoms with Crippen LogP contribution < -0.4 is 0 Å². The minimum Gasteiger partial charge on any atom is -0.478 e. The second-order valence-corrected chi connectivity index (χ2v) is 7.10. The molecule has 0 saturated heterocycles. The van der Waals surface area contributed by atoms with Gasteiger partial charge in [0.1, 0.15) is 0 Å². The summed E-state index contributed by atoms with van der Waals surface area (Å²) in [5.41, 5.74) is 3.99. The zero-order chi connectivity index (χ0) is 19.2. The number of carbonyl (C=O) groups is 1. The van der Waals surface area contributed by atoms with E-state index in [0.717, 1.165) is 35.1 Å². The van der Waals surface area contributed by atoms with Gasteiger partial charge in [0.15, 0.2) is 0 Å². The van der Waals surface area contributed by atoms with Crippen LogP contribution >= 0.6 is 0 Å². The molecule has 3 rings (SSSR count). The number of hydrogen-bond acceptors (Lipinski definition) is 2. The van der Waals surface area contributed by atoms with Gasteiger partial charge in [-0.2, -0.15) is 0 Å². The Morgan fingerprint density at radius 3 is 2.56 bits per heavy atom. The number of benzene rings is 1. The summed E-state index contributed by atoms with van der Waals surface area (Å²) in [6.07, 6.45) is 9.20. The average Bonchev–Trinajstić information content (AvgIpc) is 2.96. The highest BCUT2D eigenvalue weighted by atomic mass is 16.4. The molecule has 27 heavy (non-hydrogen) atoms. The molecule has 0 amide bonds. The first kappa shape index (κ1) is 19.2. The smallest absolute Gasteiger partial charge is 0.337 e. The first-order chi connectivity index (χ1) is 13.1. The van der Waals surface area contributed by atoms with Crippen LogP contribution in [0.3, 0.4) is 0 Å². The van der Waals surface area contributed by atoms with Gasteiger partial charge in [-0.3, -0.25) is 4.98 Å². The Balaban J connectivity index is 1.96. The van der Waals surface area contributed by atoms with E-state index in [2.05, 4.69) is 35.5 Å². The average molecular weight is 364 g/mol. The third kappa shape index (κ3) is 4.05. The van der Waals surface area contributed by atoms with Crippen molar-refractivity contribution >= 4 is 16.9 Å². The molecule has 2 aromatic heterocycles. The summed E-state index contributed by atoms with van der Waals surface area (Å²) >= 11 is 0. The number of aryl methyl sites for hydroxylation is 1. The van der Waals surface area contributed by atoms with Crippen LogP contribution in [0.5, 0.6) is 0 Å². The zero-order valence-corrected chi connectivity index (χ0v) is 16.2. The van der Waals surface area contributed by atoms with Gasteiger partial charge in [0, 0.05) is 34.9 Å². The molecule has 0 saturated carbocycles. The molecule has 1 aromatic carbocycles. The van der Waals surface area contributed by atoms with Crippen molar-refractivity contribution in [2.75, 3.05) is 0 Å². The second-order valence-electron chi connectivity index (χ2n) is 7.10. The third-order valence-electron chi connectivity index (χ3n) is 5.24. The van der Waals surface area contributed by atoms with E-state index >= 15 is 0 Å². The molecule has 0 aliphatic heterocycles. The maximum absolute atomic E-state index is 11.7. The van der Waals surface area contributed by atoms with E-state index in [0.29, 0.717) is 5.69 Å². The molecule has 0 spiro atoms. The van der Waals surface area contributed by atoms with Crippen LogP contribution in [0.4, 0.5) is 0 Å². The monoisotopic (exact) mass is 364 g/mol. The number of para-hydroxylation sites is 1. The SMILES string of the molecule is CCCCCCCCn1c(C)c(-c2ncccc2C(=O)O)c2ccccc21. The second kappa shape index (κ2) is 8.85. The van der Waals surface area contributed by atoms with Crippen molar-refractivity contribution in [3.05, 3.63) is 53.9 Å². The molecule has 4 heteroatoms. The summed E-state index contributed by atoms with van der Waals surface area (Å²) in [6.45, 7) is 5.26. The normalized spacial score (nSPS) is 11.2. The number of carboxylic acid groups (broad SMARTS) is 1. The molecule has 0 unspecified atom stereocenters. The van der Waals surface area contributed by atoms with Crippen LogP contribution in [-0.2, 0) is 6.54 Å². The van der Waals surface area contributed by atoms with Gasteiger partial charge in [0.2, 0.25) is 0 Å². The molecule has 0 atom stereocenters. The van der Waals surface area contributed by atoms with Gasteiger partial charge in [0.25, 0.3) is 0 Å². The zero-order valence-electron chi connectivity index (χ0n) is 16.2. The molecule has 3 aromatic rings. The first-order valence-corrected chi connectivity index (χ1v) is 9.91. The maximum atomic E-state index is 11.7. The van der Waals surface area contributed by atoms with Crippen molar-refractivity contribution in [2.45, 2.75) is 58.9 Å². The van der Waals surface area contributed by atoms with Gasteiger partial charge in [-0.15, -0.1) is 0 Å². The number of nitrogens with zero attached hydrogens (tertiary/aromatic N) is 2. The lowest BCUT2D eigenvalue weighted by atomic mass is 10.0. The number of fused-ring (bicyclic) bond motifs is 1. The predicted octanol–water partition coefficient (Wildman–Crippen LogP) is 6.07. The maximum Gasteiger partial charge on any atom is 0.337 e. The van der Waals surface area contributed by atoms with E-state index in [4.69, 9.17) is 0 Å². The van der Waals surface area contributed by atoms with Gasteiger partial charge in [-0.1, -0.05) is 57.2 Å². The van der Waals surface area contributed by atoms with Crippen molar-refractivity contribution < 1.29 is 9.90 Å². The summed E-state index contributed by atoms with van der Waals surface area (Å²) in [7, 11) is 0. The molecular formula is C23H28N2O2. The molecule has 142 valence electrons. The third-order valence-corrected chi connectivity index (χ3v) is 5.24. The number of rotatable bonds is 9. The van der Waals surface area contributed by atoms with Crippen LogP contribution in [-0.4, -0.2) is 20.6 Å². The molecule has 0 fully saturated rings. The lowest BCUT2D eigenvalue weighted by Crippen LogP contribution is -2.03. The number of hydrogen-bond donors (Lipinski definition) is 1. The minimum atomic E-state index is -0.940. The molecule has 0 bridgehead atoms. The van der Waals surface area contributed by atoms with Crippen molar-refractivity contribution in [3.8, 4) is 11.3 Å². The summed E-state index contributed by atoms with van der Waals surface area (Å²) in [5, 5.41) is 10.7. The standard InChI is InChI=1S/C23H28N2O2/c1-3-4-5-6-7-10-16-25-17(2)21(18-12-8-9-14-20(18)25)22-19(23(26)27)13-11-15-24-22/h8-9,11-15H,3-7,10,16H2,1-2H3,(H,26,27). The molecule has 1 N–H and O–H groups in total. The van der Waals surface area contributed by atoms with Crippen LogP contribution in [0.2, 0.25) is 0 Å². The Morgan fingerprint density at radius 1 is 1.04 bits per heavy atom. The lowest BCUT2D eigenvalue weighted by Gasteiger charge is -2.09. The summed E-state index contributed by atoms with van der Waals surface area (Å²) in [6, 6.07) is 11.5. The predicted molar refractivity (Wildman–Crippen MR) is 110 cm³/mol. The van der Waals surface area contributed by atoms with Gasteiger partial charge < -0.3 is 9.67 Å². The van der Waals surface area contributed by atoms with Crippen molar-refractivity contribution in [1.29, 1.82) is 0 Å². The summed E-state index contributed by atoms with van der Waals surface area (Å²) in [4.78, 5) is 16.1. The van der Waals surface area contributed by atoms with Gasteiger partial charge in [0.05, 0.1) is 11.3 Å². The molecule has 4 nitrogen and oxygen atoms in total. The Labute approximate surface area is 160 Å². The fourth-order valence-electron chi connectivity index (χ4n) is 3.85. The lowest BCUT2D eigenvalue weighted by molar-refractivity contribution is 0.0697. The minimum absolute atomic E-state index is 0.253. The fourth-order valence-corrected chi connectivity index (χ4v) is 3.85. The van der Waals surface area contributed by atoms with Gasteiger partial charge in [-0.25, -0.2) is 4.79 Å². The van der Waals surface area contributed by atoms with Gasteiger partial charge >= 0.3 is 5.97 Å². The molecule has 2 heterocycles. The topological polar surface area (TPSA) is 55.1 Å². The Kier molecular flexibility index (Phi) is 6.28. The molecule has 0 radical (unpaired) electrons. The number of carboxylic acids is 1. The van der Waals surface area contributed by atoms with Crippen LogP contribution in [0.1, 0.15) is 61.5 Å². The summed E-state index contributed by atoms with van der Waals surface area (Å²) < 4.78 is 2.32. The number of aromatic carboxylic acids is 1. The van der Waals surface area contributed by atoms with Crippen molar-refractivity contribution in [2.24, 2.45) is 0 Å². The fraction of sp³-hybridized carbons (Fsp3) is 0.391. The Morgan fingerprint density at radius 2 is 1.78 bits per heavy atom.